The minimum Gasteiger partial charge on any atom is -0.478 e. The van der Waals surface area contributed by atoms with Gasteiger partial charge in [0.05, 0.1) is 18.2 Å². The first kappa shape index (κ1) is 21.3. The molecule has 0 aliphatic heterocycles. The van der Waals surface area contributed by atoms with Gasteiger partial charge in [-0.1, -0.05) is 25.0 Å². The van der Waals surface area contributed by atoms with Crippen LogP contribution in [0, 0.1) is 0 Å². The van der Waals surface area contributed by atoms with E-state index in [0.717, 1.165) is 41.8 Å². The number of rotatable bonds is 5. The average Bonchev–Trinajstić information content (AvgIpc) is 3.02. The van der Waals surface area contributed by atoms with Gasteiger partial charge in [0, 0.05) is 11.4 Å². The predicted molar refractivity (Wildman–Crippen MR) is 118 cm³/mol. The fourth-order valence-corrected chi connectivity index (χ4v) is 4.94. The molecule has 0 saturated carbocycles. The highest BCUT2D eigenvalue weighted by Crippen LogP contribution is 2.37. The standard InChI is InChI=1S/C21H24N2O4S2/c1-27-20(26)17-15-6-4-2-3-5-7-16(15)29-18(17)23-21(28)22-12-13-8-10-14(11-9-13)19(24)25/h8-11H,2-7,12H2,1H3,(H,24,25)(H2,22,23,28). The minimum absolute atomic E-state index is 0.244. The maximum Gasteiger partial charge on any atom is 0.341 e. The Kier molecular flexibility index (Phi) is 7.22. The summed E-state index contributed by atoms with van der Waals surface area (Å²) < 4.78 is 5.03. The lowest BCUT2D eigenvalue weighted by atomic mass is 9.96. The number of thiocarbonyl (C=S) groups is 1. The van der Waals surface area contributed by atoms with E-state index in [-0.39, 0.29) is 11.5 Å². The van der Waals surface area contributed by atoms with Crippen molar-refractivity contribution in [2.24, 2.45) is 0 Å². The van der Waals surface area contributed by atoms with E-state index in [1.807, 2.05) is 0 Å². The van der Waals surface area contributed by atoms with Crippen LogP contribution in [-0.4, -0.2) is 29.3 Å². The van der Waals surface area contributed by atoms with Crippen LogP contribution in [0.2, 0.25) is 0 Å². The number of fused-ring (bicyclic) bond motifs is 1. The normalized spacial score (nSPS) is 13.6. The number of benzene rings is 1. The first-order valence-corrected chi connectivity index (χ1v) is 10.8. The molecule has 1 aliphatic rings. The Morgan fingerprint density at radius 3 is 2.48 bits per heavy atom. The smallest absolute Gasteiger partial charge is 0.341 e. The highest BCUT2D eigenvalue weighted by atomic mass is 32.1. The van der Waals surface area contributed by atoms with Gasteiger partial charge < -0.3 is 20.5 Å². The van der Waals surface area contributed by atoms with Crippen molar-refractivity contribution >= 4 is 45.6 Å². The molecule has 6 nitrogen and oxygen atoms in total. The van der Waals surface area contributed by atoms with E-state index in [9.17, 15) is 9.59 Å². The van der Waals surface area contributed by atoms with Gasteiger partial charge in [-0.3, -0.25) is 0 Å². The molecule has 0 atom stereocenters. The predicted octanol–water partition coefficient (Wildman–Crippen LogP) is 4.38. The molecule has 154 valence electrons. The number of ether oxygens (including phenoxy) is 1. The van der Waals surface area contributed by atoms with E-state index in [2.05, 4.69) is 10.6 Å². The number of anilines is 1. The molecule has 0 amide bonds. The van der Waals surface area contributed by atoms with Crippen LogP contribution in [0.15, 0.2) is 24.3 Å². The molecule has 0 saturated heterocycles. The Bertz CT molecular complexity index is 906. The molecule has 1 aromatic carbocycles. The second-order valence-corrected chi connectivity index (χ2v) is 8.44. The summed E-state index contributed by atoms with van der Waals surface area (Å²) in [4.78, 5) is 24.6. The van der Waals surface area contributed by atoms with Crippen LogP contribution in [-0.2, 0) is 24.1 Å². The number of carboxylic acid groups (broad SMARTS) is 1. The molecular formula is C21H24N2O4S2. The number of carboxylic acids is 1. The van der Waals surface area contributed by atoms with Gasteiger partial charge in [-0.05, 0) is 61.2 Å². The number of hydrogen-bond acceptors (Lipinski definition) is 5. The number of methoxy groups -OCH3 is 1. The van der Waals surface area contributed by atoms with Crippen molar-refractivity contribution in [3.63, 3.8) is 0 Å². The van der Waals surface area contributed by atoms with Gasteiger partial charge in [-0.2, -0.15) is 0 Å². The van der Waals surface area contributed by atoms with Crippen molar-refractivity contribution in [3.05, 3.63) is 51.4 Å². The first-order chi connectivity index (χ1) is 14.0. The molecule has 0 fully saturated rings. The van der Waals surface area contributed by atoms with Crippen LogP contribution in [0.4, 0.5) is 5.00 Å². The zero-order valence-corrected chi connectivity index (χ0v) is 17.9. The van der Waals surface area contributed by atoms with Gasteiger partial charge in [-0.25, -0.2) is 9.59 Å². The van der Waals surface area contributed by atoms with Crippen molar-refractivity contribution < 1.29 is 19.4 Å². The zero-order chi connectivity index (χ0) is 20.8. The van der Waals surface area contributed by atoms with Crippen LogP contribution >= 0.6 is 23.6 Å². The van der Waals surface area contributed by atoms with E-state index < -0.39 is 5.97 Å². The summed E-state index contributed by atoms with van der Waals surface area (Å²) in [7, 11) is 1.40. The first-order valence-electron chi connectivity index (χ1n) is 9.59. The van der Waals surface area contributed by atoms with Gasteiger partial charge in [0.25, 0.3) is 0 Å². The average molecular weight is 433 g/mol. The maximum absolute atomic E-state index is 12.4. The molecule has 29 heavy (non-hydrogen) atoms. The van der Waals surface area contributed by atoms with Crippen LogP contribution < -0.4 is 10.6 Å². The topological polar surface area (TPSA) is 87.7 Å². The lowest BCUT2D eigenvalue weighted by molar-refractivity contribution is 0.0600. The zero-order valence-electron chi connectivity index (χ0n) is 16.2. The number of thiophene rings is 1. The third-order valence-corrected chi connectivity index (χ3v) is 6.40. The van der Waals surface area contributed by atoms with Gasteiger partial charge >= 0.3 is 11.9 Å². The number of carbonyl (C=O) groups excluding carboxylic acids is 1. The van der Waals surface area contributed by atoms with Crippen molar-refractivity contribution in [2.75, 3.05) is 12.4 Å². The monoisotopic (exact) mass is 432 g/mol. The lowest BCUT2D eigenvalue weighted by Crippen LogP contribution is -2.28. The van der Waals surface area contributed by atoms with E-state index in [0.29, 0.717) is 17.2 Å². The molecule has 0 radical (unpaired) electrons. The summed E-state index contributed by atoms with van der Waals surface area (Å²) in [6.07, 6.45) is 6.45. The molecule has 3 N–H and O–H groups in total. The summed E-state index contributed by atoms with van der Waals surface area (Å²) in [6, 6.07) is 6.61. The fraction of sp³-hybridized carbons (Fsp3) is 0.381. The van der Waals surface area contributed by atoms with Crippen molar-refractivity contribution in [1.29, 1.82) is 0 Å². The number of carbonyl (C=O) groups is 2. The number of nitrogens with one attached hydrogen (secondary N) is 2. The molecule has 0 bridgehead atoms. The Morgan fingerprint density at radius 1 is 1.14 bits per heavy atom. The quantitative estimate of drug-likeness (QED) is 0.477. The molecule has 0 unspecified atom stereocenters. The molecule has 1 aromatic heterocycles. The molecule has 1 aliphatic carbocycles. The highest BCUT2D eigenvalue weighted by Gasteiger charge is 2.25. The third kappa shape index (κ3) is 5.33. The molecule has 2 aromatic rings. The summed E-state index contributed by atoms with van der Waals surface area (Å²) in [5.41, 5.74) is 2.85. The van der Waals surface area contributed by atoms with E-state index in [1.165, 1.54) is 24.8 Å². The molecule has 8 heteroatoms. The minimum atomic E-state index is -0.953. The van der Waals surface area contributed by atoms with Crippen molar-refractivity contribution in [2.45, 2.75) is 45.1 Å². The van der Waals surface area contributed by atoms with E-state index in [1.54, 1.807) is 35.6 Å². The second-order valence-electron chi connectivity index (χ2n) is 6.92. The van der Waals surface area contributed by atoms with E-state index in [4.69, 9.17) is 22.1 Å². The third-order valence-electron chi connectivity index (χ3n) is 4.94. The number of aromatic carboxylic acids is 1. The van der Waals surface area contributed by atoms with Crippen LogP contribution in [0.3, 0.4) is 0 Å². The molecule has 0 spiro atoms. The van der Waals surface area contributed by atoms with Gasteiger partial charge in [0.1, 0.15) is 5.00 Å². The van der Waals surface area contributed by atoms with Crippen LogP contribution in [0.1, 0.15) is 62.4 Å². The number of aryl methyl sites for hydroxylation is 1. The summed E-state index contributed by atoms with van der Waals surface area (Å²) in [5.74, 6) is -1.29. The van der Waals surface area contributed by atoms with Crippen molar-refractivity contribution in [1.82, 2.24) is 5.32 Å². The lowest BCUT2D eigenvalue weighted by Gasteiger charge is -2.12. The Labute approximate surface area is 179 Å². The van der Waals surface area contributed by atoms with Crippen LogP contribution in [0.5, 0.6) is 0 Å². The largest absolute Gasteiger partial charge is 0.478 e. The van der Waals surface area contributed by atoms with Crippen LogP contribution in [0.25, 0.3) is 0 Å². The van der Waals surface area contributed by atoms with Gasteiger partial charge in [0.15, 0.2) is 5.11 Å². The molecule has 1 heterocycles. The summed E-state index contributed by atoms with van der Waals surface area (Å²) in [6.45, 7) is 0.449. The number of hydrogen-bond donors (Lipinski definition) is 3. The SMILES string of the molecule is COC(=O)c1c(NC(=S)NCc2ccc(C(=O)O)cc2)sc2c1CCCCCC2. The summed E-state index contributed by atoms with van der Waals surface area (Å²) >= 11 is 7.00. The van der Waals surface area contributed by atoms with E-state index >= 15 is 0 Å². The molecule has 3 rings (SSSR count). The molecular weight excluding hydrogens is 408 g/mol. The maximum atomic E-state index is 12.4. The second kappa shape index (κ2) is 9.84. The number of esters is 1. The Balaban J connectivity index is 1.71. The van der Waals surface area contributed by atoms with Gasteiger partial charge in [0.2, 0.25) is 0 Å². The summed E-state index contributed by atoms with van der Waals surface area (Å²) in [5, 5.41) is 16.4. The Hall–Kier alpha value is -2.45. The fourth-order valence-electron chi connectivity index (χ4n) is 3.42. The van der Waals surface area contributed by atoms with Crippen molar-refractivity contribution in [3.8, 4) is 0 Å². The van der Waals surface area contributed by atoms with Gasteiger partial charge in [-0.15, -0.1) is 11.3 Å². The Morgan fingerprint density at radius 2 is 1.83 bits per heavy atom. The highest BCUT2D eigenvalue weighted by molar-refractivity contribution is 7.80.